The topological polar surface area (TPSA) is 53.1 Å². The number of unbranched alkanes of at least 4 members (excludes halogenated alkanes) is 1. The summed E-state index contributed by atoms with van der Waals surface area (Å²) >= 11 is 9.86. The number of benzene rings is 2. The van der Waals surface area contributed by atoms with E-state index in [1.807, 2.05) is 26.0 Å². The quantitative estimate of drug-likeness (QED) is 0.272. The molecule has 0 aliphatic carbocycles. The van der Waals surface area contributed by atoms with Gasteiger partial charge < -0.3 is 9.42 Å². The van der Waals surface area contributed by atoms with Gasteiger partial charge in [0.05, 0.1) is 16.3 Å². The second kappa shape index (κ2) is 9.47. The molecule has 0 N–H and O–H groups in total. The highest BCUT2D eigenvalue weighted by Gasteiger charge is 2.17. The van der Waals surface area contributed by atoms with Crippen molar-refractivity contribution in [3.05, 3.63) is 64.0 Å². The Hall–Kier alpha value is -2.29. The fraction of sp³-hybridized carbons (Fsp3) is 0.304. The number of nitrogens with zero attached hydrogens (tertiary/aromatic N) is 3. The van der Waals surface area contributed by atoms with E-state index < -0.39 is 0 Å². The number of halogens is 2. The molecule has 29 heavy (non-hydrogen) atoms. The smallest absolute Gasteiger partial charge is 0.141 e. The maximum atomic E-state index is 9.21. The molecule has 0 saturated heterocycles. The van der Waals surface area contributed by atoms with Crippen molar-refractivity contribution >= 4 is 38.9 Å². The predicted octanol–water partition coefficient (Wildman–Crippen LogP) is 7.11. The van der Waals surface area contributed by atoms with E-state index in [9.17, 15) is 5.26 Å². The van der Waals surface area contributed by atoms with Crippen LogP contribution in [0.5, 0.6) is 0 Å². The molecule has 3 rings (SSSR count). The summed E-state index contributed by atoms with van der Waals surface area (Å²) in [5.41, 5.74) is 6.72. The van der Waals surface area contributed by atoms with E-state index in [0.29, 0.717) is 10.6 Å². The minimum Gasteiger partial charge on any atom is -0.361 e. The Morgan fingerprint density at radius 1 is 1.14 bits per heavy atom. The molecule has 0 radical (unpaired) electrons. The van der Waals surface area contributed by atoms with Gasteiger partial charge in [-0.3, -0.25) is 0 Å². The van der Waals surface area contributed by atoms with Gasteiger partial charge in [0.15, 0.2) is 0 Å². The van der Waals surface area contributed by atoms with Crippen molar-refractivity contribution in [3.63, 3.8) is 0 Å². The lowest BCUT2D eigenvalue weighted by atomic mass is 10.0. The summed E-state index contributed by atoms with van der Waals surface area (Å²) in [4.78, 5) is 2.27. The van der Waals surface area contributed by atoms with Gasteiger partial charge in [-0.15, -0.1) is 0 Å². The number of aromatic nitrogens is 1. The van der Waals surface area contributed by atoms with Gasteiger partial charge in [0.2, 0.25) is 0 Å². The molecule has 0 aliphatic rings. The van der Waals surface area contributed by atoms with Gasteiger partial charge >= 0.3 is 0 Å². The van der Waals surface area contributed by atoms with Crippen LogP contribution in [-0.4, -0.2) is 17.0 Å². The number of nitriles is 1. The fourth-order valence-electron chi connectivity index (χ4n) is 3.47. The Morgan fingerprint density at radius 2 is 1.93 bits per heavy atom. The number of alkyl halides is 1. The van der Waals surface area contributed by atoms with Crippen LogP contribution in [0.1, 0.15) is 35.4 Å². The molecule has 0 fully saturated rings. The lowest BCUT2D eigenvalue weighted by Gasteiger charge is -2.27. The number of rotatable bonds is 7. The summed E-state index contributed by atoms with van der Waals surface area (Å²) in [5, 5.41) is 14.7. The second-order valence-corrected chi connectivity index (χ2v) is 8.22. The van der Waals surface area contributed by atoms with Crippen LogP contribution in [0, 0.1) is 32.1 Å². The Morgan fingerprint density at radius 3 is 2.55 bits per heavy atom. The van der Waals surface area contributed by atoms with Crippen molar-refractivity contribution in [2.45, 2.75) is 33.6 Å². The Bertz CT molecular complexity index is 1040. The van der Waals surface area contributed by atoms with Gasteiger partial charge in [-0.2, -0.15) is 5.26 Å². The van der Waals surface area contributed by atoms with Crippen LogP contribution >= 0.6 is 27.5 Å². The minimum absolute atomic E-state index is 0.468. The second-order valence-electron chi connectivity index (χ2n) is 7.02. The van der Waals surface area contributed by atoms with Crippen LogP contribution in [0.15, 0.2) is 40.9 Å². The summed E-state index contributed by atoms with van der Waals surface area (Å²) in [6.45, 7) is 6.84. The van der Waals surface area contributed by atoms with E-state index in [1.54, 1.807) is 6.07 Å². The van der Waals surface area contributed by atoms with Crippen LogP contribution in [0.25, 0.3) is 11.1 Å². The molecule has 0 spiro atoms. The van der Waals surface area contributed by atoms with Gasteiger partial charge in [-0.1, -0.05) is 44.8 Å². The minimum atomic E-state index is 0.468. The molecule has 0 saturated carbocycles. The fourth-order valence-corrected chi connectivity index (χ4v) is 4.08. The first-order valence-electron chi connectivity index (χ1n) is 9.53. The van der Waals surface area contributed by atoms with E-state index in [2.05, 4.69) is 57.2 Å². The summed E-state index contributed by atoms with van der Waals surface area (Å²) in [6, 6.07) is 14.2. The molecule has 1 heterocycles. The van der Waals surface area contributed by atoms with Crippen LogP contribution in [-0.2, 0) is 0 Å². The summed E-state index contributed by atoms with van der Waals surface area (Å²) in [7, 11) is 0. The van der Waals surface area contributed by atoms with Crippen molar-refractivity contribution in [1.29, 1.82) is 5.26 Å². The highest BCUT2D eigenvalue weighted by molar-refractivity contribution is 9.09. The normalized spacial score (nSPS) is 10.8. The Balaban J connectivity index is 2.09. The third kappa shape index (κ3) is 4.66. The molecule has 1 aromatic heterocycles. The van der Waals surface area contributed by atoms with Crippen molar-refractivity contribution in [2.24, 2.45) is 0 Å². The maximum Gasteiger partial charge on any atom is 0.141 e. The molecule has 0 unspecified atom stereocenters. The highest BCUT2D eigenvalue weighted by Crippen LogP contribution is 2.36. The van der Waals surface area contributed by atoms with Crippen LogP contribution in [0.3, 0.4) is 0 Å². The third-order valence-electron chi connectivity index (χ3n) is 4.97. The molecule has 3 aromatic rings. The van der Waals surface area contributed by atoms with Crippen LogP contribution in [0.4, 0.5) is 11.4 Å². The third-order valence-corrected chi connectivity index (χ3v) is 5.85. The van der Waals surface area contributed by atoms with Gasteiger partial charge in [0, 0.05) is 28.8 Å². The van der Waals surface area contributed by atoms with Crippen LogP contribution in [0.2, 0.25) is 5.02 Å². The van der Waals surface area contributed by atoms with Crippen molar-refractivity contribution in [1.82, 2.24) is 5.16 Å². The monoisotopic (exact) mass is 471 g/mol. The molecular formula is C23H23BrClN3O. The zero-order chi connectivity index (χ0) is 21.0. The average Bonchev–Trinajstić information content (AvgIpc) is 3.04. The zero-order valence-electron chi connectivity index (χ0n) is 16.8. The van der Waals surface area contributed by atoms with Gasteiger partial charge in [0.25, 0.3) is 0 Å². The number of hydrogen-bond acceptors (Lipinski definition) is 4. The van der Waals surface area contributed by atoms with Gasteiger partial charge in [0.1, 0.15) is 11.8 Å². The van der Waals surface area contributed by atoms with Gasteiger partial charge in [-0.05, 0) is 69.0 Å². The van der Waals surface area contributed by atoms with E-state index in [-0.39, 0.29) is 0 Å². The maximum absolute atomic E-state index is 9.21. The van der Waals surface area contributed by atoms with E-state index >= 15 is 0 Å². The Labute approximate surface area is 185 Å². The number of anilines is 2. The number of hydrogen-bond donors (Lipinski definition) is 0. The molecule has 0 atom stereocenters. The predicted molar refractivity (Wildman–Crippen MR) is 122 cm³/mol. The average molecular weight is 473 g/mol. The SMILES string of the molecule is Cc1ccc(-c2c(C)noc2C)cc1N(CCCCBr)c1ccc(C#N)c(Cl)c1. The van der Waals surface area contributed by atoms with Gasteiger partial charge in [-0.25, -0.2) is 0 Å². The molecule has 0 bridgehead atoms. The highest BCUT2D eigenvalue weighted by atomic mass is 79.9. The number of aryl methyl sites for hydroxylation is 3. The first-order valence-corrected chi connectivity index (χ1v) is 11.0. The zero-order valence-corrected chi connectivity index (χ0v) is 19.1. The first kappa shape index (κ1) is 21.4. The standard InChI is InChI=1S/C23H23BrClN3O/c1-15-6-7-18(23-16(2)27-29-17(23)3)12-22(15)28(11-5-4-10-24)20-9-8-19(14-26)21(25)13-20/h6-9,12-13H,4-5,10-11H2,1-3H3. The Kier molecular flexibility index (Phi) is 7.00. The summed E-state index contributed by atoms with van der Waals surface area (Å²) in [5.74, 6) is 0.810. The first-order chi connectivity index (χ1) is 14.0. The lowest BCUT2D eigenvalue weighted by molar-refractivity contribution is 0.393. The van der Waals surface area contributed by atoms with Crippen molar-refractivity contribution in [3.8, 4) is 17.2 Å². The molecule has 0 aliphatic heterocycles. The molecule has 6 heteroatoms. The molecular weight excluding hydrogens is 450 g/mol. The summed E-state index contributed by atoms with van der Waals surface area (Å²) in [6.07, 6.45) is 2.10. The molecule has 4 nitrogen and oxygen atoms in total. The molecule has 2 aromatic carbocycles. The van der Waals surface area contributed by atoms with Crippen LogP contribution < -0.4 is 4.90 Å². The van der Waals surface area contributed by atoms with Crippen molar-refractivity contribution < 1.29 is 4.52 Å². The van der Waals surface area contributed by atoms with E-state index in [0.717, 1.165) is 58.7 Å². The lowest BCUT2D eigenvalue weighted by Crippen LogP contribution is -2.19. The largest absolute Gasteiger partial charge is 0.361 e. The summed E-state index contributed by atoms with van der Waals surface area (Å²) < 4.78 is 5.37. The van der Waals surface area contributed by atoms with E-state index in [4.69, 9.17) is 16.1 Å². The van der Waals surface area contributed by atoms with E-state index in [1.165, 1.54) is 5.56 Å². The molecule has 0 amide bonds. The molecule has 150 valence electrons. The van der Waals surface area contributed by atoms with Crippen molar-refractivity contribution in [2.75, 3.05) is 16.8 Å².